The molecule has 0 unspecified atom stereocenters. The molecular formula is C10H17N2P. The Kier molecular flexibility index (Phi) is 3.27. The van der Waals surface area contributed by atoms with Gasteiger partial charge < -0.3 is 0 Å². The van der Waals surface area contributed by atoms with Crippen LogP contribution in [-0.2, 0) is 6.16 Å². The Bertz CT molecular complexity index is 320. The third-order valence-corrected chi connectivity index (χ3v) is 5.98. The first-order valence-corrected chi connectivity index (χ1v) is 7.27. The predicted molar refractivity (Wildman–Crippen MR) is 60.9 cm³/mol. The van der Waals surface area contributed by atoms with E-state index in [-0.39, 0.29) is 0 Å². The van der Waals surface area contributed by atoms with Gasteiger partial charge in [0.25, 0.3) is 0 Å². The molecule has 1 aromatic rings. The highest BCUT2D eigenvalue weighted by molar-refractivity contribution is 7.74. The highest BCUT2D eigenvalue weighted by atomic mass is 31.2. The summed E-state index contributed by atoms with van der Waals surface area (Å²) in [6.45, 7) is 8.25. The molecule has 1 aromatic heterocycles. The van der Waals surface area contributed by atoms with Crippen LogP contribution in [0.4, 0.5) is 0 Å². The van der Waals surface area contributed by atoms with Crippen molar-refractivity contribution in [2.75, 3.05) is 13.3 Å². The molecule has 0 fully saturated rings. The smallest absolute Gasteiger partial charge is 0.115 e. The van der Waals surface area contributed by atoms with Crippen molar-refractivity contribution in [2.45, 2.75) is 20.0 Å². The first-order valence-electron chi connectivity index (χ1n) is 4.40. The first-order chi connectivity index (χ1) is 6.02. The van der Waals surface area contributed by atoms with Crippen molar-refractivity contribution >= 4 is 12.2 Å². The molecule has 0 atom stereocenters. The van der Waals surface area contributed by atoms with Gasteiger partial charge >= 0.3 is 0 Å². The van der Waals surface area contributed by atoms with Crippen molar-refractivity contribution in [1.29, 1.82) is 0 Å². The van der Waals surface area contributed by atoms with Gasteiger partial charge in [-0.2, -0.15) is 0 Å². The highest BCUT2D eigenvalue weighted by Gasteiger charge is 2.07. The van der Waals surface area contributed by atoms with Crippen molar-refractivity contribution in [2.24, 2.45) is 0 Å². The SMILES string of the molecule is CC(C)=P(C)(C)Cc1cncnc1. The average molecular weight is 196 g/mol. The van der Waals surface area contributed by atoms with Crippen LogP contribution >= 0.6 is 6.89 Å². The zero-order valence-corrected chi connectivity index (χ0v) is 9.68. The second-order valence-corrected chi connectivity index (χ2v) is 8.62. The Balaban J connectivity index is 2.88. The van der Waals surface area contributed by atoms with E-state index in [9.17, 15) is 0 Å². The average Bonchev–Trinajstić information content (AvgIpc) is 2.05. The molecular weight excluding hydrogens is 179 g/mol. The number of rotatable bonds is 2. The lowest BCUT2D eigenvalue weighted by molar-refractivity contribution is 1.12. The summed E-state index contributed by atoms with van der Waals surface area (Å²) in [5.41, 5.74) is 1.25. The Morgan fingerprint density at radius 1 is 1.23 bits per heavy atom. The fourth-order valence-electron chi connectivity index (χ4n) is 1.03. The molecule has 0 aliphatic carbocycles. The van der Waals surface area contributed by atoms with Gasteiger partial charge in [-0.25, -0.2) is 9.97 Å². The van der Waals surface area contributed by atoms with Crippen LogP contribution in [0.3, 0.4) is 0 Å². The minimum Gasteiger partial charge on any atom is -0.245 e. The van der Waals surface area contributed by atoms with E-state index in [2.05, 4.69) is 37.1 Å². The maximum Gasteiger partial charge on any atom is 0.115 e. The van der Waals surface area contributed by atoms with E-state index in [1.165, 1.54) is 5.56 Å². The van der Waals surface area contributed by atoms with Crippen LogP contribution in [0.2, 0.25) is 0 Å². The zero-order valence-electron chi connectivity index (χ0n) is 8.78. The Morgan fingerprint density at radius 2 is 1.77 bits per heavy atom. The van der Waals surface area contributed by atoms with Gasteiger partial charge in [-0.1, -0.05) is 5.29 Å². The summed E-state index contributed by atoms with van der Waals surface area (Å²) in [6, 6.07) is 0. The zero-order chi connectivity index (χ0) is 9.90. The summed E-state index contributed by atoms with van der Waals surface area (Å²) in [7, 11) is 0. The van der Waals surface area contributed by atoms with Gasteiger partial charge in [0.2, 0.25) is 0 Å². The van der Waals surface area contributed by atoms with Gasteiger partial charge in [0, 0.05) is 12.4 Å². The molecule has 1 rings (SSSR count). The molecule has 13 heavy (non-hydrogen) atoms. The minimum absolute atomic E-state index is 0.900. The van der Waals surface area contributed by atoms with Gasteiger partial charge in [-0.15, -0.1) is 6.89 Å². The minimum atomic E-state index is -0.900. The van der Waals surface area contributed by atoms with Crippen molar-refractivity contribution in [1.82, 2.24) is 9.97 Å². The topological polar surface area (TPSA) is 25.8 Å². The largest absolute Gasteiger partial charge is 0.245 e. The van der Waals surface area contributed by atoms with E-state index in [4.69, 9.17) is 0 Å². The molecule has 0 N–H and O–H groups in total. The van der Waals surface area contributed by atoms with E-state index < -0.39 is 6.89 Å². The fourth-order valence-corrected chi connectivity index (χ4v) is 2.42. The van der Waals surface area contributed by atoms with Crippen molar-refractivity contribution in [3.05, 3.63) is 24.3 Å². The van der Waals surface area contributed by atoms with Crippen LogP contribution in [0, 0.1) is 0 Å². The second-order valence-electron chi connectivity index (χ2n) is 4.04. The molecule has 0 aliphatic rings. The Morgan fingerprint density at radius 3 is 2.23 bits per heavy atom. The van der Waals surface area contributed by atoms with Gasteiger partial charge in [0.1, 0.15) is 6.33 Å². The molecule has 0 bridgehead atoms. The molecule has 0 spiro atoms. The van der Waals surface area contributed by atoms with Crippen LogP contribution < -0.4 is 0 Å². The lowest BCUT2D eigenvalue weighted by atomic mass is 10.4. The number of hydrogen-bond acceptors (Lipinski definition) is 2. The molecule has 1 heterocycles. The molecule has 3 heteroatoms. The molecule has 0 amide bonds. The van der Waals surface area contributed by atoms with E-state index in [1.54, 1.807) is 11.6 Å². The van der Waals surface area contributed by atoms with Crippen molar-refractivity contribution in [3.63, 3.8) is 0 Å². The van der Waals surface area contributed by atoms with Crippen LogP contribution in [0.1, 0.15) is 19.4 Å². The summed E-state index contributed by atoms with van der Waals surface area (Å²) < 4.78 is 0. The molecule has 0 saturated heterocycles. The van der Waals surface area contributed by atoms with Crippen LogP contribution in [0.5, 0.6) is 0 Å². The maximum absolute atomic E-state index is 4.03. The normalized spacial score (nSPS) is 11.4. The van der Waals surface area contributed by atoms with Crippen LogP contribution in [-0.4, -0.2) is 28.6 Å². The molecule has 0 saturated carbocycles. The van der Waals surface area contributed by atoms with Crippen LogP contribution in [0.15, 0.2) is 18.7 Å². The van der Waals surface area contributed by atoms with E-state index in [0.717, 1.165) is 6.16 Å². The summed E-state index contributed by atoms with van der Waals surface area (Å²) in [5, 5.41) is 1.55. The van der Waals surface area contributed by atoms with Gasteiger partial charge in [-0.3, -0.25) is 0 Å². The highest BCUT2D eigenvalue weighted by Crippen LogP contribution is 2.43. The molecule has 0 radical (unpaired) electrons. The van der Waals surface area contributed by atoms with Gasteiger partial charge in [-0.05, 0) is 38.9 Å². The predicted octanol–water partition coefficient (Wildman–Crippen LogP) is 2.47. The summed E-state index contributed by atoms with van der Waals surface area (Å²) in [5.74, 6) is 0. The lowest BCUT2D eigenvalue weighted by Crippen LogP contribution is -1.95. The monoisotopic (exact) mass is 196 g/mol. The van der Waals surface area contributed by atoms with E-state index >= 15 is 0 Å². The lowest BCUT2D eigenvalue weighted by Gasteiger charge is -2.17. The standard InChI is InChI=1S/C10H17N2P/c1-9(2)13(3,4)7-10-5-11-8-12-6-10/h5-6,8H,7H2,1-4H3. The van der Waals surface area contributed by atoms with Gasteiger partial charge in [0.15, 0.2) is 0 Å². The van der Waals surface area contributed by atoms with E-state index in [0.29, 0.717) is 0 Å². The summed E-state index contributed by atoms with van der Waals surface area (Å²) >= 11 is 0. The molecule has 2 nitrogen and oxygen atoms in total. The number of hydrogen-bond donors (Lipinski definition) is 0. The molecule has 0 aromatic carbocycles. The number of nitrogens with zero attached hydrogens (tertiary/aromatic N) is 2. The maximum atomic E-state index is 4.03. The quantitative estimate of drug-likeness (QED) is 0.679. The molecule has 0 aliphatic heterocycles. The first kappa shape index (κ1) is 10.5. The van der Waals surface area contributed by atoms with E-state index in [1.807, 2.05) is 12.4 Å². The second kappa shape index (κ2) is 4.06. The van der Waals surface area contributed by atoms with Crippen molar-refractivity contribution < 1.29 is 0 Å². The Labute approximate surface area is 80.4 Å². The third kappa shape index (κ3) is 2.96. The fraction of sp³-hybridized carbons (Fsp3) is 0.500. The third-order valence-electron chi connectivity index (χ3n) is 2.40. The molecule has 72 valence electrons. The van der Waals surface area contributed by atoms with Gasteiger partial charge in [0.05, 0.1) is 0 Å². The Hall–Kier alpha value is -0.620. The van der Waals surface area contributed by atoms with Crippen molar-refractivity contribution in [3.8, 4) is 0 Å². The van der Waals surface area contributed by atoms with Crippen LogP contribution in [0.25, 0.3) is 0 Å². The summed E-state index contributed by atoms with van der Waals surface area (Å²) in [6.07, 6.45) is 6.53. The summed E-state index contributed by atoms with van der Waals surface area (Å²) in [4.78, 5) is 8.05. The number of aromatic nitrogens is 2.